The molecule has 48 valence electrons. The Morgan fingerprint density at radius 2 is 1.75 bits per heavy atom. The molecule has 2 nitrogen and oxygen atoms in total. The summed E-state index contributed by atoms with van der Waals surface area (Å²) < 4.78 is 0. The van der Waals surface area contributed by atoms with E-state index < -0.39 is 0 Å². The molecule has 0 heterocycles. The number of hydrogen-bond acceptors (Lipinski definition) is 2. The van der Waals surface area contributed by atoms with Crippen molar-refractivity contribution in [2.24, 2.45) is 0 Å². The van der Waals surface area contributed by atoms with Gasteiger partial charge in [-0.15, -0.1) is 6.42 Å². The maximum absolute atomic E-state index is 7.88. The molecule has 0 aromatic rings. The first-order valence-electron chi connectivity index (χ1n) is 2.48. The Morgan fingerprint density at radius 3 is 1.75 bits per heavy atom. The fraction of sp³-hybridized carbons (Fsp3) is 0.667. The van der Waals surface area contributed by atoms with Gasteiger partial charge < -0.3 is 10.2 Å². The zero-order valence-corrected chi connectivity index (χ0v) is 5.09. The van der Waals surface area contributed by atoms with Crippen molar-refractivity contribution in [2.45, 2.75) is 13.3 Å². The minimum Gasteiger partial charge on any atom is -0.396 e. The second-order valence-electron chi connectivity index (χ2n) is 1.09. The first-order valence-corrected chi connectivity index (χ1v) is 2.48. The normalized spacial score (nSPS) is 6.25. The quantitative estimate of drug-likeness (QED) is 0.473. The molecule has 0 aliphatic carbocycles. The zero-order chi connectivity index (χ0) is 6.83. The van der Waals surface area contributed by atoms with Gasteiger partial charge in [0.15, 0.2) is 0 Å². The standard InChI is InChI=1S/C3H8O.C3H4O/c2*1-2-3-4/h4H,2-3H2,1H3;1,4H,3H2. The molecule has 0 saturated carbocycles. The largest absolute Gasteiger partial charge is 0.396 e. The predicted octanol–water partition coefficient (Wildman–Crippen LogP) is 0.000600. The van der Waals surface area contributed by atoms with E-state index in [0.29, 0.717) is 6.61 Å². The molecule has 0 bridgehead atoms. The van der Waals surface area contributed by atoms with E-state index in [1.54, 1.807) is 0 Å². The summed E-state index contributed by atoms with van der Waals surface area (Å²) in [5.41, 5.74) is 0. The Balaban J connectivity index is 0. The summed E-state index contributed by atoms with van der Waals surface area (Å²) in [6, 6.07) is 0. The lowest BCUT2D eigenvalue weighted by Crippen LogP contribution is -1.69. The van der Waals surface area contributed by atoms with Crippen LogP contribution in [0.15, 0.2) is 0 Å². The molecule has 2 heteroatoms. The highest BCUT2D eigenvalue weighted by molar-refractivity contribution is 4.81. The van der Waals surface area contributed by atoms with Crippen molar-refractivity contribution >= 4 is 0 Å². The molecule has 0 fully saturated rings. The van der Waals surface area contributed by atoms with Gasteiger partial charge in [-0.05, 0) is 6.42 Å². The van der Waals surface area contributed by atoms with Gasteiger partial charge in [-0.1, -0.05) is 12.8 Å². The maximum Gasteiger partial charge on any atom is 0.103 e. The highest BCUT2D eigenvalue weighted by Crippen LogP contribution is 1.61. The van der Waals surface area contributed by atoms with Crippen LogP contribution in [0.1, 0.15) is 13.3 Å². The van der Waals surface area contributed by atoms with E-state index in [9.17, 15) is 0 Å². The molecule has 0 aliphatic rings. The van der Waals surface area contributed by atoms with E-state index in [2.05, 4.69) is 6.42 Å². The molecule has 0 spiro atoms. The highest BCUT2D eigenvalue weighted by Gasteiger charge is 1.57. The fourth-order valence-electron chi connectivity index (χ4n) is 0. The number of rotatable bonds is 1. The Morgan fingerprint density at radius 1 is 1.50 bits per heavy atom. The van der Waals surface area contributed by atoms with Gasteiger partial charge in [-0.25, -0.2) is 0 Å². The molecule has 0 radical (unpaired) electrons. The van der Waals surface area contributed by atoms with Crippen LogP contribution in [0.2, 0.25) is 0 Å². The smallest absolute Gasteiger partial charge is 0.103 e. The molecular formula is C6H12O2. The first-order chi connectivity index (χ1) is 3.83. The van der Waals surface area contributed by atoms with E-state index in [1.165, 1.54) is 0 Å². The van der Waals surface area contributed by atoms with E-state index in [0.717, 1.165) is 6.42 Å². The predicted molar refractivity (Wildman–Crippen MR) is 33.3 cm³/mol. The summed E-state index contributed by atoms with van der Waals surface area (Å²) >= 11 is 0. The third kappa shape index (κ3) is 50.2. The van der Waals surface area contributed by atoms with Crippen molar-refractivity contribution < 1.29 is 10.2 Å². The Bertz CT molecular complexity index is 52.0. The van der Waals surface area contributed by atoms with Crippen LogP contribution >= 0.6 is 0 Å². The highest BCUT2D eigenvalue weighted by atomic mass is 16.3. The topological polar surface area (TPSA) is 40.5 Å². The molecular weight excluding hydrogens is 104 g/mol. The lowest BCUT2D eigenvalue weighted by atomic mass is 10.5. The summed E-state index contributed by atoms with van der Waals surface area (Å²) in [4.78, 5) is 0. The van der Waals surface area contributed by atoms with Gasteiger partial charge in [-0.3, -0.25) is 0 Å². The summed E-state index contributed by atoms with van der Waals surface area (Å²) in [5, 5.41) is 15.5. The van der Waals surface area contributed by atoms with E-state index >= 15 is 0 Å². The van der Waals surface area contributed by atoms with Crippen LogP contribution < -0.4 is 0 Å². The third-order valence-electron chi connectivity index (χ3n) is 0.315. The first kappa shape index (κ1) is 10.5. The summed E-state index contributed by atoms with van der Waals surface area (Å²) in [7, 11) is 0. The molecule has 0 saturated heterocycles. The van der Waals surface area contributed by atoms with Crippen molar-refractivity contribution in [3.05, 3.63) is 0 Å². The minimum absolute atomic E-state index is 0.153. The van der Waals surface area contributed by atoms with Gasteiger partial charge in [0.25, 0.3) is 0 Å². The minimum atomic E-state index is -0.153. The van der Waals surface area contributed by atoms with Gasteiger partial charge >= 0.3 is 0 Å². The molecule has 0 unspecified atom stereocenters. The lowest BCUT2D eigenvalue weighted by molar-refractivity contribution is 0.295. The molecule has 0 aromatic carbocycles. The Hall–Kier alpha value is -0.520. The molecule has 0 atom stereocenters. The van der Waals surface area contributed by atoms with Crippen molar-refractivity contribution in [2.75, 3.05) is 13.2 Å². The molecule has 0 aliphatic heterocycles. The molecule has 0 amide bonds. The number of aliphatic hydroxyl groups is 2. The zero-order valence-electron chi connectivity index (χ0n) is 5.09. The average molecular weight is 116 g/mol. The number of terminal acetylenes is 1. The van der Waals surface area contributed by atoms with Crippen molar-refractivity contribution in [1.82, 2.24) is 0 Å². The van der Waals surface area contributed by atoms with Crippen LogP contribution in [0.4, 0.5) is 0 Å². The van der Waals surface area contributed by atoms with Gasteiger partial charge in [0.2, 0.25) is 0 Å². The average Bonchev–Trinajstić information content (AvgIpc) is 1.88. The van der Waals surface area contributed by atoms with Gasteiger partial charge in [0.1, 0.15) is 6.61 Å². The van der Waals surface area contributed by atoms with E-state index in [-0.39, 0.29) is 6.61 Å². The second-order valence-corrected chi connectivity index (χ2v) is 1.09. The van der Waals surface area contributed by atoms with Crippen molar-refractivity contribution in [3.8, 4) is 12.3 Å². The van der Waals surface area contributed by atoms with Gasteiger partial charge in [-0.2, -0.15) is 0 Å². The monoisotopic (exact) mass is 116 g/mol. The molecule has 0 aromatic heterocycles. The second kappa shape index (κ2) is 16.1. The lowest BCUT2D eigenvalue weighted by Gasteiger charge is -1.69. The Kier molecular flexibility index (Phi) is 21.0. The Labute approximate surface area is 50.2 Å². The summed E-state index contributed by atoms with van der Waals surface area (Å²) in [6.45, 7) is 2.10. The number of hydrogen-bond donors (Lipinski definition) is 2. The summed E-state index contributed by atoms with van der Waals surface area (Å²) in [5.74, 6) is 1.99. The van der Waals surface area contributed by atoms with Gasteiger partial charge in [0, 0.05) is 6.61 Å². The van der Waals surface area contributed by atoms with Crippen LogP contribution in [-0.2, 0) is 0 Å². The maximum atomic E-state index is 7.88. The SMILES string of the molecule is C#CCO.CCCO. The fourth-order valence-corrected chi connectivity index (χ4v) is 0. The molecule has 2 N–H and O–H groups in total. The molecule has 0 rings (SSSR count). The van der Waals surface area contributed by atoms with E-state index in [1.807, 2.05) is 12.8 Å². The third-order valence-corrected chi connectivity index (χ3v) is 0.315. The van der Waals surface area contributed by atoms with Crippen LogP contribution in [-0.4, -0.2) is 23.4 Å². The van der Waals surface area contributed by atoms with E-state index in [4.69, 9.17) is 10.2 Å². The van der Waals surface area contributed by atoms with Crippen molar-refractivity contribution in [3.63, 3.8) is 0 Å². The van der Waals surface area contributed by atoms with Crippen LogP contribution in [0.3, 0.4) is 0 Å². The van der Waals surface area contributed by atoms with Gasteiger partial charge in [0.05, 0.1) is 0 Å². The van der Waals surface area contributed by atoms with Crippen molar-refractivity contribution in [1.29, 1.82) is 0 Å². The van der Waals surface area contributed by atoms with Crippen LogP contribution in [0.5, 0.6) is 0 Å². The summed E-state index contributed by atoms with van der Waals surface area (Å²) in [6.07, 6.45) is 5.40. The van der Waals surface area contributed by atoms with Crippen LogP contribution in [0, 0.1) is 12.3 Å². The molecule has 8 heavy (non-hydrogen) atoms. The van der Waals surface area contributed by atoms with Crippen LogP contribution in [0.25, 0.3) is 0 Å². The number of aliphatic hydroxyl groups excluding tert-OH is 2.